The predicted molar refractivity (Wildman–Crippen MR) is 96.8 cm³/mol. The van der Waals surface area contributed by atoms with Crippen molar-refractivity contribution in [2.75, 3.05) is 45.2 Å². The standard InChI is InChI=1S/C17H30N6O2/c1-12-8-16(22(4)19-12)23-7-5-6-13(9-23)18-17(25)21(3)14-10-20(2)11-15(14)24/h8,13-15,24H,5-7,9-11H2,1-4H3,(H,18,25)/t13?,14-,15-/m1/s1. The van der Waals surface area contributed by atoms with Crippen molar-refractivity contribution in [1.82, 2.24) is 24.9 Å². The van der Waals surface area contributed by atoms with E-state index in [1.54, 1.807) is 11.9 Å². The Hall–Kier alpha value is -1.80. The van der Waals surface area contributed by atoms with Gasteiger partial charge in [0.05, 0.1) is 17.8 Å². The van der Waals surface area contributed by atoms with Gasteiger partial charge >= 0.3 is 6.03 Å². The third kappa shape index (κ3) is 3.90. The van der Waals surface area contributed by atoms with Gasteiger partial charge in [0.1, 0.15) is 5.82 Å². The zero-order valence-corrected chi connectivity index (χ0v) is 15.6. The molecule has 0 spiro atoms. The van der Waals surface area contributed by atoms with E-state index in [0.717, 1.165) is 37.4 Å². The second-order valence-corrected chi connectivity index (χ2v) is 7.47. The van der Waals surface area contributed by atoms with Crippen LogP contribution in [0.1, 0.15) is 18.5 Å². The Kier molecular flexibility index (Phi) is 5.19. The van der Waals surface area contributed by atoms with Crippen molar-refractivity contribution in [3.8, 4) is 0 Å². The van der Waals surface area contributed by atoms with Crippen LogP contribution in [-0.2, 0) is 7.05 Å². The van der Waals surface area contributed by atoms with Crippen LogP contribution in [-0.4, -0.2) is 89.2 Å². The van der Waals surface area contributed by atoms with Crippen molar-refractivity contribution in [2.45, 2.75) is 38.0 Å². The van der Waals surface area contributed by atoms with E-state index in [0.29, 0.717) is 13.1 Å². The van der Waals surface area contributed by atoms with Crippen LogP contribution in [0.15, 0.2) is 6.07 Å². The SMILES string of the molecule is Cc1cc(N2CCCC(NC(=O)N(C)[C@@H]3CN(C)C[C@H]3O)C2)n(C)n1. The number of rotatable bonds is 3. The van der Waals surface area contributed by atoms with Crippen LogP contribution in [0.4, 0.5) is 10.6 Å². The number of aliphatic hydroxyl groups excluding tert-OH is 1. The number of hydrogen-bond donors (Lipinski definition) is 2. The molecule has 3 heterocycles. The number of anilines is 1. The number of nitrogens with one attached hydrogen (secondary N) is 1. The number of aryl methyl sites for hydroxylation is 2. The van der Waals surface area contributed by atoms with Gasteiger partial charge < -0.3 is 25.1 Å². The summed E-state index contributed by atoms with van der Waals surface area (Å²) in [7, 11) is 5.69. The minimum Gasteiger partial charge on any atom is -0.390 e. The van der Waals surface area contributed by atoms with E-state index in [1.807, 2.05) is 30.6 Å². The lowest BCUT2D eigenvalue weighted by molar-refractivity contribution is 0.108. The molecule has 0 aliphatic carbocycles. The molecule has 0 radical (unpaired) electrons. The summed E-state index contributed by atoms with van der Waals surface area (Å²) in [6.45, 7) is 5.07. The topological polar surface area (TPSA) is 76.9 Å². The molecule has 2 aliphatic rings. The number of aromatic nitrogens is 2. The molecule has 0 aromatic carbocycles. The van der Waals surface area contributed by atoms with E-state index in [-0.39, 0.29) is 18.1 Å². The molecule has 3 rings (SSSR count). The average molecular weight is 350 g/mol. The summed E-state index contributed by atoms with van der Waals surface area (Å²) in [6.07, 6.45) is 1.52. The summed E-state index contributed by atoms with van der Waals surface area (Å²) >= 11 is 0. The van der Waals surface area contributed by atoms with Gasteiger partial charge in [-0.25, -0.2) is 4.79 Å². The van der Waals surface area contributed by atoms with Gasteiger partial charge in [-0.2, -0.15) is 5.10 Å². The number of amides is 2. The van der Waals surface area contributed by atoms with Crippen LogP contribution in [0.2, 0.25) is 0 Å². The number of likely N-dealkylation sites (tertiary alicyclic amines) is 1. The summed E-state index contributed by atoms with van der Waals surface area (Å²) in [5, 5.41) is 17.7. The number of carbonyl (C=O) groups is 1. The van der Waals surface area contributed by atoms with Gasteiger partial charge in [0, 0.05) is 52.4 Å². The number of hydrogen-bond acceptors (Lipinski definition) is 5. The zero-order valence-electron chi connectivity index (χ0n) is 15.6. The highest BCUT2D eigenvalue weighted by molar-refractivity contribution is 5.75. The van der Waals surface area contributed by atoms with Gasteiger partial charge in [0.2, 0.25) is 0 Å². The predicted octanol–water partition coefficient (Wildman–Crippen LogP) is 0.0136. The Morgan fingerprint density at radius 3 is 2.72 bits per heavy atom. The van der Waals surface area contributed by atoms with E-state index in [2.05, 4.69) is 21.4 Å². The Balaban J connectivity index is 1.59. The van der Waals surface area contributed by atoms with Crippen molar-refractivity contribution >= 4 is 11.8 Å². The highest BCUT2D eigenvalue weighted by Gasteiger charge is 2.35. The Morgan fingerprint density at radius 1 is 1.36 bits per heavy atom. The van der Waals surface area contributed by atoms with E-state index in [1.165, 1.54) is 0 Å². The Bertz CT molecular complexity index is 618. The van der Waals surface area contributed by atoms with Gasteiger partial charge in [0.25, 0.3) is 0 Å². The fourth-order valence-electron chi connectivity index (χ4n) is 3.96. The first-order chi connectivity index (χ1) is 11.8. The number of β-amino-alcohol motifs (C(OH)–C–C–N with tert-alkyl or cyclic N) is 1. The molecule has 1 aromatic rings. The molecule has 2 amide bonds. The number of urea groups is 1. The summed E-state index contributed by atoms with van der Waals surface area (Å²) in [6, 6.07) is 1.94. The van der Waals surface area contributed by atoms with Gasteiger partial charge in [-0.15, -0.1) is 0 Å². The van der Waals surface area contributed by atoms with Gasteiger partial charge in [0.15, 0.2) is 0 Å². The molecule has 1 aromatic heterocycles. The maximum Gasteiger partial charge on any atom is 0.317 e. The minimum atomic E-state index is -0.485. The molecular weight excluding hydrogens is 320 g/mol. The maximum atomic E-state index is 12.6. The molecule has 2 aliphatic heterocycles. The number of carbonyl (C=O) groups excluding carboxylic acids is 1. The molecule has 2 fully saturated rings. The highest BCUT2D eigenvalue weighted by Crippen LogP contribution is 2.21. The molecule has 25 heavy (non-hydrogen) atoms. The molecule has 0 saturated carbocycles. The van der Waals surface area contributed by atoms with E-state index >= 15 is 0 Å². The lowest BCUT2D eigenvalue weighted by atomic mass is 10.1. The van der Waals surface area contributed by atoms with Gasteiger partial charge in [-0.3, -0.25) is 4.68 Å². The zero-order chi connectivity index (χ0) is 18.1. The fraction of sp³-hybridized carbons (Fsp3) is 0.765. The normalized spacial score (nSPS) is 27.6. The molecule has 8 heteroatoms. The van der Waals surface area contributed by atoms with Crippen LogP contribution >= 0.6 is 0 Å². The van der Waals surface area contributed by atoms with Crippen LogP contribution in [0.5, 0.6) is 0 Å². The lowest BCUT2D eigenvalue weighted by Gasteiger charge is -2.36. The first-order valence-electron chi connectivity index (χ1n) is 9.00. The van der Waals surface area contributed by atoms with Crippen LogP contribution in [0, 0.1) is 6.92 Å². The van der Waals surface area contributed by atoms with Crippen LogP contribution < -0.4 is 10.2 Å². The summed E-state index contributed by atoms with van der Waals surface area (Å²) in [5.41, 5.74) is 1.00. The summed E-state index contributed by atoms with van der Waals surface area (Å²) in [5.74, 6) is 1.10. The smallest absolute Gasteiger partial charge is 0.317 e. The van der Waals surface area contributed by atoms with Crippen molar-refractivity contribution in [2.24, 2.45) is 7.05 Å². The van der Waals surface area contributed by atoms with Gasteiger partial charge in [-0.05, 0) is 26.8 Å². The first kappa shape index (κ1) is 18.0. The molecule has 1 unspecified atom stereocenters. The molecule has 2 saturated heterocycles. The number of nitrogens with zero attached hydrogens (tertiary/aromatic N) is 5. The molecule has 140 valence electrons. The van der Waals surface area contributed by atoms with E-state index < -0.39 is 6.10 Å². The third-order valence-corrected chi connectivity index (χ3v) is 5.31. The molecule has 0 bridgehead atoms. The molecule has 3 atom stereocenters. The second kappa shape index (κ2) is 7.21. The Morgan fingerprint density at radius 2 is 2.12 bits per heavy atom. The summed E-state index contributed by atoms with van der Waals surface area (Å²) < 4.78 is 1.90. The monoisotopic (exact) mass is 350 g/mol. The van der Waals surface area contributed by atoms with Crippen LogP contribution in [0.25, 0.3) is 0 Å². The molecular formula is C17H30N6O2. The van der Waals surface area contributed by atoms with Crippen molar-refractivity contribution < 1.29 is 9.90 Å². The Labute approximate surface area is 149 Å². The second-order valence-electron chi connectivity index (χ2n) is 7.47. The first-order valence-corrected chi connectivity index (χ1v) is 9.00. The minimum absolute atomic E-state index is 0.104. The largest absolute Gasteiger partial charge is 0.390 e. The third-order valence-electron chi connectivity index (χ3n) is 5.31. The van der Waals surface area contributed by atoms with Crippen molar-refractivity contribution in [1.29, 1.82) is 0 Å². The molecule has 2 N–H and O–H groups in total. The van der Waals surface area contributed by atoms with E-state index in [4.69, 9.17) is 0 Å². The molecule has 8 nitrogen and oxygen atoms in total. The average Bonchev–Trinajstić information content (AvgIpc) is 3.07. The van der Waals surface area contributed by atoms with E-state index in [9.17, 15) is 9.90 Å². The number of aliphatic hydroxyl groups is 1. The quantitative estimate of drug-likeness (QED) is 0.803. The van der Waals surface area contributed by atoms with Gasteiger partial charge in [-0.1, -0.05) is 0 Å². The van der Waals surface area contributed by atoms with Crippen LogP contribution in [0.3, 0.4) is 0 Å². The fourth-order valence-corrected chi connectivity index (χ4v) is 3.96. The van der Waals surface area contributed by atoms with Crippen molar-refractivity contribution in [3.05, 3.63) is 11.8 Å². The maximum absolute atomic E-state index is 12.6. The number of likely N-dealkylation sites (N-methyl/N-ethyl adjacent to an activating group) is 2. The summed E-state index contributed by atoms with van der Waals surface area (Å²) in [4.78, 5) is 18.6. The number of piperidine rings is 1. The highest BCUT2D eigenvalue weighted by atomic mass is 16.3. The lowest BCUT2D eigenvalue weighted by Crippen LogP contribution is -2.54. The van der Waals surface area contributed by atoms with Crippen molar-refractivity contribution in [3.63, 3.8) is 0 Å².